The van der Waals surface area contributed by atoms with Crippen LogP contribution in [0.1, 0.15) is 20.3 Å². The molecule has 4 N–H and O–H groups in total. The summed E-state index contributed by atoms with van der Waals surface area (Å²) in [5, 5.41) is 18.7. The fourth-order valence-corrected chi connectivity index (χ4v) is 2.63. The van der Waals surface area contributed by atoms with Crippen LogP contribution in [0.5, 0.6) is 5.75 Å². The lowest BCUT2D eigenvalue weighted by molar-refractivity contribution is -0.152. The quantitative estimate of drug-likeness (QED) is 0.383. The van der Waals surface area contributed by atoms with Crippen LogP contribution in [0.15, 0.2) is 21.3 Å². The molecule has 0 saturated carbocycles. The summed E-state index contributed by atoms with van der Waals surface area (Å²) in [6, 6.07) is 2.97. The van der Waals surface area contributed by atoms with Gasteiger partial charge in [0, 0.05) is 19.1 Å². The van der Waals surface area contributed by atoms with E-state index in [0.29, 0.717) is 17.9 Å². The Balaban J connectivity index is 2.33. The molecule has 9 nitrogen and oxygen atoms in total. The van der Waals surface area contributed by atoms with E-state index in [1.165, 1.54) is 12.1 Å². The average Bonchev–Trinajstić information content (AvgIpc) is 2.94. The Morgan fingerprint density at radius 1 is 1.39 bits per heavy atom. The molecule has 0 aliphatic heterocycles. The molecule has 0 bridgehead atoms. The van der Waals surface area contributed by atoms with Crippen LogP contribution in [0.25, 0.3) is 11.1 Å². The number of hydrogen-bond donors (Lipinski definition) is 3. The van der Waals surface area contributed by atoms with Crippen molar-refractivity contribution in [1.82, 2.24) is 4.57 Å². The lowest BCUT2D eigenvalue weighted by atomic mass is 10.0. The molecule has 0 radical (unpaired) electrons. The van der Waals surface area contributed by atoms with Crippen LogP contribution < -0.4 is 16.2 Å². The maximum Gasteiger partial charge on any atom is 0.420 e. The highest BCUT2D eigenvalue weighted by molar-refractivity contribution is 6.32. The van der Waals surface area contributed by atoms with E-state index < -0.39 is 23.9 Å². The molecule has 2 aromatic rings. The van der Waals surface area contributed by atoms with E-state index in [4.69, 9.17) is 36.3 Å². The molecule has 0 spiro atoms. The maximum atomic E-state index is 12.3. The molecular weight excluding hydrogens is 392 g/mol. The van der Waals surface area contributed by atoms with Gasteiger partial charge in [0.25, 0.3) is 0 Å². The van der Waals surface area contributed by atoms with Crippen molar-refractivity contribution < 1.29 is 28.9 Å². The first kappa shape index (κ1) is 22.2. The van der Waals surface area contributed by atoms with Crippen LogP contribution in [0.3, 0.4) is 0 Å². The number of ether oxygens (including phenoxy) is 2. The zero-order chi connectivity index (χ0) is 20.9. The molecule has 10 heteroatoms. The van der Waals surface area contributed by atoms with E-state index in [1.54, 1.807) is 0 Å². The monoisotopic (exact) mass is 416 g/mol. The third-order valence-corrected chi connectivity index (χ3v) is 4.25. The summed E-state index contributed by atoms with van der Waals surface area (Å²) in [4.78, 5) is 24.5. The van der Waals surface area contributed by atoms with Gasteiger partial charge in [-0.1, -0.05) is 25.4 Å². The van der Waals surface area contributed by atoms with E-state index in [9.17, 15) is 14.7 Å². The highest BCUT2D eigenvalue weighted by Crippen LogP contribution is 2.30. The third kappa shape index (κ3) is 5.05. The van der Waals surface area contributed by atoms with E-state index >= 15 is 0 Å². The number of nitrogens with two attached hydrogens (primary N) is 1. The van der Waals surface area contributed by atoms with Crippen molar-refractivity contribution in [3.63, 3.8) is 0 Å². The molecule has 1 heterocycles. The van der Waals surface area contributed by atoms with Crippen LogP contribution in [-0.4, -0.2) is 52.7 Å². The Morgan fingerprint density at radius 2 is 2.11 bits per heavy atom. The maximum absolute atomic E-state index is 12.3. The molecular formula is C18H25ClN2O7. The minimum Gasteiger partial charge on any atom is -0.492 e. The number of nitrogens with zero attached hydrogens (tertiary/aromatic N) is 1. The summed E-state index contributed by atoms with van der Waals surface area (Å²) in [6.07, 6.45) is 0.233. The second kappa shape index (κ2) is 9.42. The molecule has 0 fully saturated rings. The number of aliphatic hydroxyl groups is 2. The van der Waals surface area contributed by atoms with Crippen LogP contribution in [0.2, 0.25) is 5.02 Å². The average molecular weight is 417 g/mol. The first-order valence-corrected chi connectivity index (χ1v) is 9.23. The number of fused-ring (bicyclic) bond motifs is 1. The fraction of sp³-hybridized carbons (Fsp3) is 0.556. The normalized spacial score (nSPS) is 13.7. The van der Waals surface area contributed by atoms with Gasteiger partial charge in [-0.15, -0.1) is 0 Å². The number of halogens is 1. The predicted octanol–water partition coefficient (Wildman–Crippen LogP) is 0.898. The lowest BCUT2D eigenvalue weighted by Gasteiger charge is -2.25. The Bertz CT molecular complexity index is 877. The highest BCUT2D eigenvalue weighted by atomic mass is 35.5. The number of oxazole rings is 1. The number of rotatable bonds is 10. The van der Waals surface area contributed by atoms with Gasteiger partial charge in [-0.2, -0.15) is 0 Å². The van der Waals surface area contributed by atoms with Gasteiger partial charge in [-0.25, -0.2) is 9.59 Å². The number of benzene rings is 1. The molecule has 0 amide bonds. The molecule has 1 unspecified atom stereocenters. The summed E-state index contributed by atoms with van der Waals surface area (Å²) >= 11 is 6.24. The second-order valence-corrected chi connectivity index (χ2v) is 7.34. The van der Waals surface area contributed by atoms with Crippen molar-refractivity contribution in [2.75, 3.05) is 26.4 Å². The van der Waals surface area contributed by atoms with Gasteiger partial charge in [-0.3, -0.25) is 4.57 Å². The van der Waals surface area contributed by atoms with Crippen LogP contribution >= 0.6 is 11.6 Å². The Labute approximate surface area is 166 Å². The first-order valence-electron chi connectivity index (χ1n) is 8.85. The zero-order valence-corrected chi connectivity index (χ0v) is 16.6. The van der Waals surface area contributed by atoms with E-state index in [-0.39, 0.29) is 42.7 Å². The Kier molecular flexibility index (Phi) is 7.48. The van der Waals surface area contributed by atoms with Gasteiger partial charge < -0.3 is 29.8 Å². The molecule has 0 aliphatic rings. The SMILES string of the molecule is CC(C)COc1cc2oc(=O)n(CC(N)(CO)C(=O)OCCCO)c2cc1Cl. The van der Waals surface area contributed by atoms with Crippen LogP contribution in [-0.2, 0) is 16.1 Å². The summed E-state index contributed by atoms with van der Waals surface area (Å²) in [5.74, 6) is -1.01. The number of hydrogen-bond acceptors (Lipinski definition) is 8. The largest absolute Gasteiger partial charge is 0.492 e. The topological polar surface area (TPSA) is 137 Å². The number of carbonyl (C=O) groups is 1. The molecule has 1 aromatic heterocycles. The van der Waals surface area contributed by atoms with Crippen molar-refractivity contribution in [2.45, 2.75) is 32.4 Å². The molecule has 0 aliphatic carbocycles. The molecule has 0 saturated heterocycles. The molecule has 28 heavy (non-hydrogen) atoms. The zero-order valence-electron chi connectivity index (χ0n) is 15.8. The van der Waals surface area contributed by atoms with Gasteiger partial charge >= 0.3 is 11.7 Å². The smallest absolute Gasteiger partial charge is 0.420 e. The number of aliphatic hydroxyl groups excluding tert-OH is 2. The van der Waals surface area contributed by atoms with Gasteiger partial charge in [-0.05, 0) is 12.0 Å². The number of carbonyl (C=O) groups excluding carboxylic acids is 1. The van der Waals surface area contributed by atoms with E-state index in [0.717, 1.165) is 4.57 Å². The van der Waals surface area contributed by atoms with Gasteiger partial charge in [0.15, 0.2) is 11.1 Å². The highest BCUT2D eigenvalue weighted by Gasteiger charge is 2.37. The first-order chi connectivity index (χ1) is 13.2. The van der Waals surface area contributed by atoms with Crippen LogP contribution in [0.4, 0.5) is 0 Å². The third-order valence-electron chi connectivity index (χ3n) is 3.96. The van der Waals surface area contributed by atoms with E-state index in [2.05, 4.69) is 0 Å². The lowest BCUT2D eigenvalue weighted by Crippen LogP contribution is -2.56. The summed E-state index contributed by atoms with van der Waals surface area (Å²) < 4.78 is 16.9. The molecule has 1 atom stereocenters. The Hall–Kier alpha value is -2.07. The summed E-state index contributed by atoms with van der Waals surface area (Å²) in [5.41, 5.74) is 4.63. The summed E-state index contributed by atoms with van der Waals surface area (Å²) in [6.45, 7) is 3.06. The second-order valence-electron chi connectivity index (χ2n) is 6.94. The minimum atomic E-state index is -1.87. The van der Waals surface area contributed by atoms with Crippen LogP contribution in [0, 0.1) is 5.92 Å². The minimum absolute atomic E-state index is 0.0578. The van der Waals surface area contributed by atoms with Gasteiger partial charge in [0.05, 0.1) is 36.9 Å². The summed E-state index contributed by atoms with van der Waals surface area (Å²) in [7, 11) is 0. The van der Waals surface area contributed by atoms with Crippen molar-refractivity contribution in [3.05, 3.63) is 27.7 Å². The van der Waals surface area contributed by atoms with Gasteiger partial charge in [0.2, 0.25) is 0 Å². The van der Waals surface area contributed by atoms with E-state index in [1.807, 2.05) is 13.8 Å². The fourth-order valence-electron chi connectivity index (χ4n) is 2.42. The van der Waals surface area contributed by atoms with Gasteiger partial charge in [0.1, 0.15) is 5.75 Å². The standard InChI is InChI=1S/C18H25ClN2O7/c1-11(2)8-27-14-7-15-13(6-12(14)19)21(17(25)28-15)9-18(20,10-23)16(24)26-5-3-4-22/h6-7,11,22-23H,3-5,8-10,20H2,1-2H3. The molecule has 1 aromatic carbocycles. The van der Waals surface area contributed by atoms with Crippen molar-refractivity contribution in [2.24, 2.45) is 11.7 Å². The number of esters is 1. The molecule has 156 valence electrons. The molecule has 2 rings (SSSR count). The van der Waals surface area contributed by atoms with Crippen molar-refractivity contribution in [3.8, 4) is 5.75 Å². The Morgan fingerprint density at radius 3 is 2.71 bits per heavy atom. The number of aromatic nitrogens is 1. The van der Waals surface area contributed by atoms with Crippen molar-refractivity contribution >= 4 is 28.7 Å². The van der Waals surface area contributed by atoms with Crippen molar-refractivity contribution in [1.29, 1.82) is 0 Å². The predicted molar refractivity (Wildman–Crippen MR) is 102 cm³/mol.